The third-order valence-electron chi connectivity index (χ3n) is 2.95. The standard InChI is InChI=1S/C13H17F3N4O3.ClH/c1-6(2)10(17)12(23)19-5-9(21)20-8-3-7(13(14,15)16)4-18-11(8)22;/h3-4,6,10H,5,17H2,1-2H3,(H,18,22)(H,19,23)(H,20,21);1H/t10-;/m0./s1. The fourth-order valence-electron chi connectivity index (χ4n) is 1.52. The topological polar surface area (TPSA) is 117 Å². The van der Waals surface area contributed by atoms with Crippen LogP contribution in [0.15, 0.2) is 17.1 Å². The molecule has 1 atom stereocenters. The Kier molecular flexibility index (Phi) is 7.94. The quantitative estimate of drug-likeness (QED) is 0.614. The number of nitrogens with two attached hydrogens (primary N) is 1. The molecule has 1 aromatic rings. The average molecular weight is 371 g/mol. The molecule has 0 saturated heterocycles. The Morgan fingerprint density at radius 1 is 1.33 bits per heavy atom. The molecule has 5 N–H and O–H groups in total. The van der Waals surface area contributed by atoms with E-state index in [0.29, 0.717) is 12.3 Å². The number of carbonyl (C=O) groups excluding carboxylic acids is 2. The van der Waals surface area contributed by atoms with Crippen molar-refractivity contribution < 1.29 is 22.8 Å². The molecule has 2 amide bonds. The molecule has 0 saturated carbocycles. The van der Waals surface area contributed by atoms with Crippen molar-refractivity contribution in [2.45, 2.75) is 26.1 Å². The zero-order chi connectivity index (χ0) is 17.8. The van der Waals surface area contributed by atoms with Crippen molar-refractivity contribution in [1.29, 1.82) is 0 Å². The molecular formula is C13H18ClF3N4O3. The van der Waals surface area contributed by atoms with E-state index in [1.807, 2.05) is 10.3 Å². The van der Waals surface area contributed by atoms with E-state index >= 15 is 0 Å². The molecule has 1 aromatic heterocycles. The third kappa shape index (κ3) is 6.20. The molecule has 1 heterocycles. The summed E-state index contributed by atoms with van der Waals surface area (Å²) in [5, 5.41) is 4.25. The lowest BCUT2D eigenvalue weighted by molar-refractivity contribution is -0.137. The SMILES string of the molecule is CC(C)[C@H](N)C(=O)NCC(=O)Nc1cc(C(F)(F)F)c[nH]c1=O.Cl. The van der Waals surface area contributed by atoms with Gasteiger partial charge in [0.25, 0.3) is 5.56 Å². The molecule has 1 rings (SSSR count). The predicted molar refractivity (Wildman–Crippen MR) is 83.8 cm³/mol. The highest BCUT2D eigenvalue weighted by atomic mass is 35.5. The van der Waals surface area contributed by atoms with E-state index in [4.69, 9.17) is 5.73 Å². The van der Waals surface area contributed by atoms with E-state index in [0.717, 1.165) is 0 Å². The monoisotopic (exact) mass is 370 g/mol. The van der Waals surface area contributed by atoms with Gasteiger partial charge in [0, 0.05) is 6.20 Å². The number of anilines is 1. The number of rotatable bonds is 5. The summed E-state index contributed by atoms with van der Waals surface area (Å²) in [4.78, 5) is 36.5. The molecule has 0 aliphatic rings. The third-order valence-corrected chi connectivity index (χ3v) is 2.95. The van der Waals surface area contributed by atoms with Crippen LogP contribution < -0.4 is 21.9 Å². The molecule has 0 spiro atoms. The Hall–Kier alpha value is -2.07. The highest BCUT2D eigenvalue weighted by Crippen LogP contribution is 2.28. The van der Waals surface area contributed by atoms with Gasteiger partial charge >= 0.3 is 6.18 Å². The highest BCUT2D eigenvalue weighted by molar-refractivity contribution is 5.95. The molecule has 11 heteroatoms. The van der Waals surface area contributed by atoms with E-state index in [1.165, 1.54) is 0 Å². The number of carbonyl (C=O) groups is 2. The summed E-state index contributed by atoms with van der Waals surface area (Å²) in [5.41, 5.74) is 3.00. The minimum atomic E-state index is -4.66. The number of amides is 2. The van der Waals surface area contributed by atoms with Crippen LogP contribution >= 0.6 is 12.4 Å². The number of pyridine rings is 1. The second kappa shape index (κ2) is 8.69. The van der Waals surface area contributed by atoms with Crippen LogP contribution in [0.5, 0.6) is 0 Å². The lowest BCUT2D eigenvalue weighted by Crippen LogP contribution is -2.46. The number of alkyl halides is 3. The van der Waals surface area contributed by atoms with Gasteiger partial charge in [-0.3, -0.25) is 14.4 Å². The van der Waals surface area contributed by atoms with Gasteiger partial charge in [-0.1, -0.05) is 13.8 Å². The molecule has 0 radical (unpaired) electrons. The van der Waals surface area contributed by atoms with Crippen molar-refractivity contribution in [3.63, 3.8) is 0 Å². The van der Waals surface area contributed by atoms with Gasteiger partial charge in [0.15, 0.2) is 0 Å². The van der Waals surface area contributed by atoms with E-state index < -0.39 is 47.4 Å². The first-order valence-electron chi connectivity index (χ1n) is 6.65. The van der Waals surface area contributed by atoms with Crippen LogP contribution in [0.4, 0.5) is 18.9 Å². The van der Waals surface area contributed by atoms with Crippen molar-refractivity contribution in [3.8, 4) is 0 Å². The Bertz CT molecular complexity index is 646. The number of aromatic amines is 1. The second-order valence-corrected chi connectivity index (χ2v) is 5.16. The molecule has 0 aliphatic heterocycles. The van der Waals surface area contributed by atoms with E-state index in [9.17, 15) is 27.6 Å². The van der Waals surface area contributed by atoms with Crippen molar-refractivity contribution in [2.75, 3.05) is 11.9 Å². The molecule has 136 valence electrons. The first-order valence-corrected chi connectivity index (χ1v) is 6.65. The summed E-state index contributed by atoms with van der Waals surface area (Å²) in [5.74, 6) is -1.57. The van der Waals surface area contributed by atoms with E-state index in [2.05, 4.69) is 5.32 Å². The number of aromatic nitrogens is 1. The largest absolute Gasteiger partial charge is 0.417 e. The predicted octanol–water partition coefficient (Wildman–Crippen LogP) is 0.853. The molecule has 24 heavy (non-hydrogen) atoms. The first kappa shape index (κ1) is 21.9. The van der Waals surface area contributed by atoms with Crippen molar-refractivity contribution >= 4 is 29.9 Å². The maximum absolute atomic E-state index is 12.5. The molecule has 0 bridgehead atoms. The van der Waals surface area contributed by atoms with Gasteiger partial charge in [-0.05, 0) is 12.0 Å². The second-order valence-electron chi connectivity index (χ2n) is 5.16. The highest BCUT2D eigenvalue weighted by Gasteiger charge is 2.31. The molecule has 0 aromatic carbocycles. The lowest BCUT2D eigenvalue weighted by atomic mass is 10.1. The number of nitrogens with one attached hydrogen (secondary N) is 3. The molecular weight excluding hydrogens is 353 g/mol. The Balaban J connectivity index is 0.00000529. The Morgan fingerprint density at radius 3 is 2.42 bits per heavy atom. The van der Waals surface area contributed by atoms with Crippen LogP contribution in [0.25, 0.3) is 0 Å². The smallest absolute Gasteiger partial charge is 0.346 e. The van der Waals surface area contributed by atoms with E-state index in [1.54, 1.807) is 13.8 Å². The normalized spacial score (nSPS) is 12.3. The maximum atomic E-state index is 12.5. The van der Waals surface area contributed by atoms with Gasteiger partial charge in [0.2, 0.25) is 11.8 Å². The van der Waals surface area contributed by atoms with Crippen LogP contribution in [-0.4, -0.2) is 29.4 Å². The van der Waals surface area contributed by atoms with Gasteiger partial charge in [-0.15, -0.1) is 12.4 Å². The zero-order valence-electron chi connectivity index (χ0n) is 12.9. The lowest BCUT2D eigenvalue weighted by Gasteiger charge is -2.15. The summed E-state index contributed by atoms with van der Waals surface area (Å²) in [6, 6.07) is -0.307. The Labute approximate surface area is 141 Å². The van der Waals surface area contributed by atoms with Crippen LogP contribution in [-0.2, 0) is 15.8 Å². The average Bonchev–Trinajstić information content (AvgIpc) is 2.44. The van der Waals surface area contributed by atoms with Crippen LogP contribution in [0.1, 0.15) is 19.4 Å². The summed E-state index contributed by atoms with van der Waals surface area (Å²) in [7, 11) is 0. The van der Waals surface area contributed by atoms with Gasteiger partial charge in [-0.25, -0.2) is 0 Å². The number of hydrogen-bond acceptors (Lipinski definition) is 4. The van der Waals surface area contributed by atoms with Crippen molar-refractivity contribution in [1.82, 2.24) is 10.3 Å². The maximum Gasteiger partial charge on any atom is 0.417 e. The van der Waals surface area contributed by atoms with Gasteiger partial charge in [0.05, 0.1) is 18.2 Å². The summed E-state index contributed by atoms with van der Waals surface area (Å²) in [6.07, 6.45) is -4.16. The number of hydrogen-bond donors (Lipinski definition) is 4. The minimum absolute atomic E-state index is 0. The fraction of sp³-hybridized carbons (Fsp3) is 0.462. The van der Waals surface area contributed by atoms with Crippen molar-refractivity contribution in [3.05, 3.63) is 28.2 Å². The van der Waals surface area contributed by atoms with E-state index in [-0.39, 0.29) is 18.3 Å². The zero-order valence-corrected chi connectivity index (χ0v) is 13.7. The molecule has 0 fully saturated rings. The van der Waals surface area contributed by atoms with Crippen LogP contribution in [0.3, 0.4) is 0 Å². The first-order chi connectivity index (χ1) is 10.5. The summed E-state index contributed by atoms with van der Waals surface area (Å²) >= 11 is 0. The van der Waals surface area contributed by atoms with Crippen LogP contribution in [0.2, 0.25) is 0 Å². The van der Waals surface area contributed by atoms with Gasteiger partial charge in [-0.2, -0.15) is 13.2 Å². The summed E-state index contributed by atoms with van der Waals surface area (Å²) in [6.45, 7) is 2.91. The number of H-pyrrole nitrogens is 1. The molecule has 0 aliphatic carbocycles. The minimum Gasteiger partial charge on any atom is -0.346 e. The molecule has 0 unspecified atom stereocenters. The van der Waals surface area contributed by atoms with Crippen LogP contribution in [0, 0.1) is 5.92 Å². The molecule has 7 nitrogen and oxygen atoms in total. The van der Waals surface area contributed by atoms with Gasteiger partial charge < -0.3 is 21.4 Å². The fourth-order valence-corrected chi connectivity index (χ4v) is 1.52. The van der Waals surface area contributed by atoms with Gasteiger partial charge in [0.1, 0.15) is 5.69 Å². The summed E-state index contributed by atoms with van der Waals surface area (Å²) < 4.78 is 37.6. The number of halogens is 4. The van der Waals surface area contributed by atoms with Crippen molar-refractivity contribution in [2.24, 2.45) is 11.7 Å². The Morgan fingerprint density at radius 2 is 1.92 bits per heavy atom.